The summed E-state index contributed by atoms with van der Waals surface area (Å²) in [5.74, 6) is 0.857. The van der Waals surface area contributed by atoms with E-state index in [2.05, 4.69) is 25.5 Å². The Morgan fingerprint density at radius 2 is 2.06 bits per heavy atom. The van der Waals surface area contributed by atoms with Crippen molar-refractivity contribution in [3.8, 4) is 0 Å². The van der Waals surface area contributed by atoms with Crippen LogP contribution in [0.4, 0.5) is 0 Å². The molecule has 96 valence electrons. The summed E-state index contributed by atoms with van der Waals surface area (Å²) in [7, 11) is 0. The van der Waals surface area contributed by atoms with Gasteiger partial charge in [0, 0.05) is 5.69 Å². The third-order valence-corrected chi connectivity index (χ3v) is 3.96. The lowest BCUT2D eigenvalue weighted by Gasteiger charge is -2.15. The molecule has 1 aromatic heterocycles. The van der Waals surface area contributed by atoms with Crippen LogP contribution in [0.1, 0.15) is 56.6 Å². The lowest BCUT2D eigenvalue weighted by atomic mass is 10.1. The van der Waals surface area contributed by atoms with Crippen LogP contribution in [0, 0.1) is 5.92 Å². The summed E-state index contributed by atoms with van der Waals surface area (Å²) in [4.78, 5) is 0. The summed E-state index contributed by atoms with van der Waals surface area (Å²) < 4.78 is 2.29. The van der Waals surface area contributed by atoms with Crippen LogP contribution in [0.2, 0.25) is 0 Å². The molecule has 1 aliphatic rings. The molecule has 3 heteroatoms. The molecule has 17 heavy (non-hydrogen) atoms. The Kier molecular flexibility index (Phi) is 3.87. The highest BCUT2D eigenvalue weighted by molar-refractivity contribution is 5.28. The van der Waals surface area contributed by atoms with Crippen molar-refractivity contribution in [3.05, 3.63) is 17.0 Å². The van der Waals surface area contributed by atoms with E-state index in [4.69, 9.17) is 10.8 Å². The smallest absolute Gasteiger partial charge is 0.0657 e. The molecule has 1 fully saturated rings. The maximum absolute atomic E-state index is 5.73. The third-order valence-electron chi connectivity index (χ3n) is 3.96. The van der Waals surface area contributed by atoms with Gasteiger partial charge in [0.1, 0.15) is 0 Å². The number of rotatable bonds is 6. The highest BCUT2D eigenvalue weighted by atomic mass is 15.3. The second-order valence-electron chi connectivity index (χ2n) is 5.14. The van der Waals surface area contributed by atoms with Crippen molar-refractivity contribution in [2.45, 2.75) is 58.9 Å². The van der Waals surface area contributed by atoms with E-state index >= 15 is 0 Å². The molecule has 0 amide bonds. The van der Waals surface area contributed by atoms with Crippen molar-refractivity contribution in [2.75, 3.05) is 6.54 Å². The van der Waals surface area contributed by atoms with Gasteiger partial charge in [-0.05, 0) is 57.1 Å². The first-order valence-electron chi connectivity index (χ1n) is 7.02. The zero-order valence-corrected chi connectivity index (χ0v) is 11.4. The van der Waals surface area contributed by atoms with E-state index in [1.54, 1.807) is 0 Å². The van der Waals surface area contributed by atoms with E-state index in [0.29, 0.717) is 6.04 Å². The van der Waals surface area contributed by atoms with Gasteiger partial charge in [0.25, 0.3) is 0 Å². The Labute approximate surface area is 104 Å². The summed E-state index contributed by atoms with van der Waals surface area (Å²) in [5.41, 5.74) is 9.84. The van der Waals surface area contributed by atoms with Crippen molar-refractivity contribution in [1.82, 2.24) is 9.78 Å². The lowest BCUT2D eigenvalue weighted by Crippen LogP contribution is -2.13. The summed E-state index contributed by atoms with van der Waals surface area (Å²) >= 11 is 0. The molecule has 0 radical (unpaired) electrons. The second kappa shape index (κ2) is 5.21. The largest absolute Gasteiger partial charge is 0.330 e. The molecule has 0 aliphatic heterocycles. The Bertz CT molecular complexity index is 377. The summed E-state index contributed by atoms with van der Waals surface area (Å²) in [6.45, 7) is 7.46. The number of nitrogens with zero attached hydrogens (tertiary/aromatic N) is 2. The van der Waals surface area contributed by atoms with E-state index < -0.39 is 0 Å². The van der Waals surface area contributed by atoms with Gasteiger partial charge < -0.3 is 5.73 Å². The molecule has 0 spiro atoms. The standard InChI is InChI=1S/C14H25N3/c1-4-13-12(8-9-15)14(5-2)17(16-13)10(3)11-6-7-11/h10-11H,4-9,15H2,1-3H3. The normalized spacial score (nSPS) is 17.4. The van der Waals surface area contributed by atoms with Crippen molar-refractivity contribution >= 4 is 0 Å². The molecule has 0 saturated heterocycles. The van der Waals surface area contributed by atoms with Gasteiger partial charge in [-0.25, -0.2) is 0 Å². The Morgan fingerprint density at radius 1 is 1.35 bits per heavy atom. The molecule has 1 unspecified atom stereocenters. The van der Waals surface area contributed by atoms with Crippen LogP contribution in [0.5, 0.6) is 0 Å². The van der Waals surface area contributed by atoms with E-state index in [0.717, 1.165) is 31.7 Å². The van der Waals surface area contributed by atoms with Gasteiger partial charge in [-0.3, -0.25) is 4.68 Å². The number of hydrogen-bond donors (Lipinski definition) is 1. The topological polar surface area (TPSA) is 43.8 Å². The van der Waals surface area contributed by atoms with Gasteiger partial charge in [-0.2, -0.15) is 5.10 Å². The average molecular weight is 235 g/mol. The lowest BCUT2D eigenvalue weighted by molar-refractivity contribution is 0.423. The van der Waals surface area contributed by atoms with Gasteiger partial charge in [0.05, 0.1) is 11.7 Å². The Balaban J connectivity index is 2.36. The van der Waals surface area contributed by atoms with Crippen molar-refractivity contribution in [3.63, 3.8) is 0 Å². The minimum absolute atomic E-state index is 0.571. The predicted octanol–water partition coefficient (Wildman–Crippen LogP) is 2.48. The first-order chi connectivity index (χ1) is 8.22. The number of aryl methyl sites for hydroxylation is 1. The fourth-order valence-corrected chi connectivity index (χ4v) is 2.76. The highest BCUT2D eigenvalue weighted by Gasteiger charge is 2.31. The van der Waals surface area contributed by atoms with E-state index in [1.807, 2.05) is 0 Å². The Hall–Kier alpha value is -0.830. The maximum Gasteiger partial charge on any atom is 0.0657 e. The van der Waals surface area contributed by atoms with Crippen molar-refractivity contribution in [1.29, 1.82) is 0 Å². The van der Waals surface area contributed by atoms with Gasteiger partial charge in [0.15, 0.2) is 0 Å². The molecule has 0 bridgehead atoms. The molecule has 1 heterocycles. The highest BCUT2D eigenvalue weighted by Crippen LogP contribution is 2.40. The molecular formula is C14H25N3. The summed E-state index contributed by atoms with van der Waals surface area (Å²) in [6, 6.07) is 0.571. The number of hydrogen-bond acceptors (Lipinski definition) is 2. The van der Waals surface area contributed by atoms with Crippen LogP contribution in [0.15, 0.2) is 0 Å². The predicted molar refractivity (Wildman–Crippen MR) is 71.2 cm³/mol. The third kappa shape index (κ3) is 2.39. The van der Waals surface area contributed by atoms with E-state index in [1.165, 1.54) is 29.8 Å². The van der Waals surface area contributed by atoms with E-state index in [9.17, 15) is 0 Å². The van der Waals surface area contributed by atoms with Gasteiger partial charge in [-0.1, -0.05) is 13.8 Å². The summed E-state index contributed by atoms with van der Waals surface area (Å²) in [5, 5.41) is 4.84. The van der Waals surface area contributed by atoms with Crippen molar-refractivity contribution in [2.24, 2.45) is 11.7 Å². The molecule has 1 aliphatic carbocycles. The minimum Gasteiger partial charge on any atom is -0.330 e. The molecule has 1 saturated carbocycles. The molecule has 2 N–H and O–H groups in total. The van der Waals surface area contributed by atoms with Crippen LogP contribution >= 0.6 is 0 Å². The first kappa shape index (κ1) is 12.6. The number of nitrogens with two attached hydrogens (primary N) is 1. The zero-order chi connectivity index (χ0) is 12.4. The monoisotopic (exact) mass is 235 g/mol. The molecule has 2 rings (SSSR count). The molecule has 1 aromatic rings. The van der Waals surface area contributed by atoms with Crippen molar-refractivity contribution < 1.29 is 0 Å². The second-order valence-corrected chi connectivity index (χ2v) is 5.14. The fourth-order valence-electron chi connectivity index (χ4n) is 2.76. The first-order valence-corrected chi connectivity index (χ1v) is 7.02. The van der Waals surface area contributed by atoms with Crippen LogP contribution < -0.4 is 5.73 Å². The molecule has 3 nitrogen and oxygen atoms in total. The average Bonchev–Trinajstić information content (AvgIpc) is 3.12. The van der Waals surface area contributed by atoms with Crippen LogP contribution in [-0.4, -0.2) is 16.3 Å². The quantitative estimate of drug-likeness (QED) is 0.823. The molecule has 0 aromatic carbocycles. The van der Waals surface area contributed by atoms with E-state index in [-0.39, 0.29) is 0 Å². The Morgan fingerprint density at radius 3 is 2.53 bits per heavy atom. The van der Waals surface area contributed by atoms with Crippen LogP contribution in [0.3, 0.4) is 0 Å². The van der Waals surface area contributed by atoms with Crippen LogP contribution in [-0.2, 0) is 19.3 Å². The SMILES string of the molecule is CCc1nn(C(C)C2CC2)c(CC)c1CCN. The van der Waals surface area contributed by atoms with Gasteiger partial charge >= 0.3 is 0 Å². The van der Waals surface area contributed by atoms with Gasteiger partial charge in [0.2, 0.25) is 0 Å². The van der Waals surface area contributed by atoms with Gasteiger partial charge in [-0.15, -0.1) is 0 Å². The van der Waals surface area contributed by atoms with Crippen LogP contribution in [0.25, 0.3) is 0 Å². The summed E-state index contributed by atoms with van der Waals surface area (Å²) in [6.07, 6.45) is 5.81. The maximum atomic E-state index is 5.73. The number of aromatic nitrogens is 2. The fraction of sp³-hybridized carbons (Fsp3) is 0.786. The zero-order valence-electron chi connectivity index (χ0n) is 11.4. The minimum atomic E-state index is 0.571. The molecule has 1 atom stereocenters. The molecular weight excluding hydrogens is 210 g/mol.